The van der Waals surface area contributed by atoms with E-state index < -0.39 is 29.3 Å². The third-order valence-corrected chi connectivity index (χ3v) is 9.51. The largest absolute Gasteiger partial charge is 0.461 e. The SMILES string of the molecule is Cc1cc(C(F)(F)F)c(-c2ccc3c(N4C[C@H]5CC[C@@H](C4)N5)nc(OC[C@@]45CCCN4C[C@H](F)C5)nc3c2F)cc1N. The van der Waals surface area contributed by atoms with Gasteiger partial charge in [0.2, 0.25) is 0 Å². The van der Waals surface area contributed by atoms with E-state index in [0.717, 1.165) is 44.4 Å². The van der Waals surface area contributed by atoms with E-state index in [1.807, 2.05) is 0 Å². The Morgan fingerprint density at radius 1 is 1.10 bits per heavy atom. The zero-order valence-corrected chi connectivity index (χ0v) is 23.3. The summed E-state index contributed by atoms with van der Waals surface area (Å²) in [5.74, 6) is -0.424. The molecule has 0 unspecified atom stereocenters. The number of halogens is 5. The highest BCUT2D eigenvalue weighted by Crippen LogP contribution is 2.43. The Labute approximate surface area is 240 Å². The van der Waals surface area contributed by atoms with Crippen LogP contribution in [0.15, 0.2) is 24.3 Å². The highest BCUT2D eigenvalue weighted by Gasteiger charge is 2.49. The predicted molar refractivity (Wildman–Crippen MR) is 150 cm³/mol. The lowest BCUT2D eigenvalue weighted by atomic mass is 9.94. The Morgan fingerprint density at radius 2 is 1.86 bits per heavy atom. The fourth-order valence-electron chi connectivity index (χ4n) is 7.44. The number of nitrogens with zero attached hydrogens (tertiary/aromatic N) is 4. The molecule has 4 saturated heterocycles. The smallest absolute Gasteiger partial charge is 0.417 e. The first kappa shape index (κ1) is 27.6. The average molecular weight is 589 g/mol. The van der Waals surface area contributed by atoms with E-state index in [4.69, 9.17) is 15.5 Å². The molecule has 3 aromatic rings. The van der Waals surface area contributed by atoms with Crippen molar-refractivity contribution in [1.82, 2.24) is 20.2 Å². The second-order valence-electron chi connectivity index (χ2n) is 12.3. The maximum Gasteiger partial charge on any atom is 0.417 e. The molecule has 0 saturated carbocycles. The van der Waals surface area contributed by atoms with Crippen LogP contribution >= 0.6 is 0 Å². The molecule has 0 aliphatic carbocycles. The van der Waals surface area contributed by atoms with Gasteiger partial charge in [-0.15, -0.1) is 0 Å². The summed E-state index contributed by atoms with van der Waals surface area (Å²) in [5.41, 5.74) is 4.19. The van der Waals surface area contributed by atoms with E-state index in [9.17, 15) is 17.6 Å². The van der Waals surface area contributed by atoms with E-state index in [0.29, 0.717) is 37.3 Å². The number of nitrogen functional groups attached to an aromatic ring is 1. The van der Waals surface area contributed by atoms with Gasteiger partial charge in [0.25, 0.3) is 0 Å². The van der Waals surface area contributed by atoms with Crippen molar-refractivity contribution in [3.8, 4) is 17.1 Å². The molecule has 4 fully saturated rings. The number of nitrogens with one attached hydrogen (secondary N) is 1. The summed E-state index contributed by atoms with van der Waals surface area (Å²) in [5, 5.41) is 3.96. The van der Waals surface area contributed by atoms with Crippen molar-refractivity contribution in [1.29, 1.82) is 0 Å². The van der Waals surface area contributed by atoms with Crippen molar-refractivity contribution >= 4 is 22.4 Å². The van der Waals surface area contributed by atoms with Crippen LogP contribution in [0.5, 0.6) is 6.01 Å². The van der Waals surface area contributed by atoms with Gasteiger partial charge < -0.3 is 20.7 Å². The lowest BCUT2D eigenvalue weighted by Crippen LogP contribution is -2.51. The molecule has 2 aromatic carbocycles. The third-order valence-electron chi connectivity index (χ3n) is 9.51. The van der Waals surface area contributed by atoms with E-state index >= 15 is 4.39 Å². The fraction of sp³-hybridized carbons (Fsp3) is 0.533. The maximum absolute atomic E-state index is 16.4. The van der Waals surface area contributed by atoms with Crippen molar-refractivity contribution in [3.05, 3.63) is 41.2 Å². The summed E-state index contributed by atoms with van der Waals surface area (Å²) >= 11 is 0. The quantitative estimate of drug-likeness (QED) is 0.312. The van der Waals surface area contributed by atoms with Gasteiger partial charge in [0.05, 0.1) is 11.1 Å². The van der Waals surface area contributed by atoms with Crippen molar-refractivity contribution in [2.45, 2.75) is 69.0 Å². The normalized spacial score (nSPS) is 27.7. The highest BCUT2D eigenvalue weighted by molar-refractivity contribution is 5.94. The Balaban J connectivity index is 1.34. The summed E-state index contributed by atoms with van der Waals surface area (Å²) in [4.78, 5) is 13.3. The molecule has 12 heteroatoms. The van der Waals surface area contributed by atoms with Gasteiger partial charge in [0.1, 0.15) is 24.1 Å². The first-order valence-electron chi connectivity index (χ1n) is 14.5. The van der Waals surface area contributed by atoms with Gasteiger partial charge in [0, 0.05) is 54.8 Å². The highest BCUT2D eigenvalue weighted by atomic mass is 19.4. The zero-order valence-electron chi connectivity index (χ0n) is 23.3. The Bertz CT molecular complexity index is 1540. The number of aryl methyl sites for hydroxylation is 1. The van der Waals surface area contributed by atoms with Crippen LogP contribution in [-0.2, 0) is 6.18 Å². The minimum Gasteiger partial charge on any atom is -0.461 e. The molecule has 0 amide bonds. The van der Waals surface area contributed by atoms with Crippen LogP contribution in [0.1, 0.15) is 43.2 Å². The first-order valence-corrected chi connectivity index (χ1v) is 14.5. The van der Waals surface area contributed by atoms with Crippen LogP contribution < -0.4 is 20.7 Å². The van der Waals surface area contributed by atoms with Crippen LogP contribution in [0.4, 0.5) is 33.5 Å². The lowest BCUT2D eigenvalue weighted by molar-refractivity contribution is -0.137. The monoisotopic (exact) mass is 588 g/mol. The first-order chi connectivity index (χ1) is 20.0. The molecular formula is C30H33F5N6O. The number of nitrogens with two attached hydrogens (primary N) is 1. The summed E-state index contributed by atoms with van der Waals surface area (Å²) in [6, 6.07) is 5.48. The molecule has 0 radical (unpaired) electrons. The molecular weight excluding hydrogens is 555 g/mol. The topological polar surface area (TPSA) is 79.5 Å². The van der Waals surface area contributed by atoms with E-state index in [2.05, 4.69) is 20.1 Å². The molecule has 1 aromatic heterocycles. The standard InChI is InChI=1S/C30H33F5N6O/c1-16-9-23(30(33,34)35)22(10-24(16)36)20-5-6-21-26(25(20)32)38-28(39-27(21)40-13-18-3-4-19(14-40)37-18)42-15-29-7-2-8-41(29)12-17(31)11-29/h5-6,9-10,17-19,37H,2-4,7-8,11-15,36H2,1H3/t17-,18-,19+,29+/m1/s1. The number of piperazine rings is 1. The van der Waals surface area contributed by atoms with Gasteiger partial charge in [-0.05, 0) is 68.5 Å². The molecule has 42 heavy (non-hydrogen) atoms. The minimum atomic E-state index is -4.72. The Kier molecular flexibility index (Phi) is 6.50. The van der Waals surface area contributed by atoms with Gasteiger partial charge >= 0.3 is 12.2 Å². The van der Waals surface area contributed by atoms with Gasteiger partial charge in [-0.2, -0.15) is 23.1 Å². The summed E-state index contributed by atoms with van der Waals surface area (Å²) < 4.78 is 79.1. The molecule has 4 aliphatic rings. The Hall–Kier alpha value is -3.25. The number of ether oxygens (including phenoxy) is 1. The van der Waals surface area contributed by atoms with Gasteiger partial charge in [-0.1, -0.05) is 6.07 Å². The second kappa shape index (κ2) is 9.90. The third kappa shape index (κ3) is 4.63. The van der Waals surface area contributed by atoms with E-state index in [-0.39, 0.29) is 52.6 Å². The number of alkyl halides is 4. The molecule has 0 spiro atoms. The van der Waals surface area contributed by atoms with Crippen molar-refractivity contribution in [2.75, 3.05) is 43.4 Å². The van der Waals surface area contributed by atoms with Crippen molar-refractivity contribution in [3.63, 3.8) is 0 Å². The van der Waals surface area contributed by atoms with Crippen molar-refractivity contribution < 1.29 is 26.7 Å². The van der Waals surface area contributed by atoms with E-state index in [1.54, 1.807) is 6.07 Å². The average Bonchev–Trinajstić information content (AvgIpc) is 3.58. The molecule has 224 valence electrons. The maximum atomic E-state index is 16.4. The number of hydrogen-bond acceptors (Lipinski definition) is 7. The molecule has 3 N–H and O–H groups in total. The molecule has 4 aliphatic heterocycles. The van der Waals surface area contributed by atoms with Gasteiger partial charge in [-0.25, -0.2) is 8.78 Å². The molecule has 2 bridgehead atoms. The van der Waals surface area contributed by atoms with Gasteiger partial charge in [-0.3, -0.25) is 4.90 Å². The number of rotatable bonds is 5. The number of hydrogen-bond donors (Lipinski definition) is 2. The molecule has 7 rings (SSSR count). The minimum absolute atomic E-state index is 0.0672. The number of aromatic nitrogens is 2. The predicted octanol–water partition coefficient (Wildman–Crippen LogP) is 5.24. The number of anilines is 2. The lowest BCUT2D eigenvalue weighted by Gasteiger charge is -2.34. The zero-order chi connectivity index (χ0) is 29.4. The van der Waals surface area contributed by atoms with E-state index in [1.165, 1.54) is 13.0 Å². The Morgan fingerprint density at radius 3 is 2.60 bits per heavy atom. The molecule has 4 atom stereocenters. The van der Waals surface area contributed by atoms with Crippen LogP contribution in [-0.4, -0.2) is 71.4 Å². The second-order valence-corrected chi connectivity index (χ2v) is 12.3. The van der Waals surface area contributed by atoms with Gasteiger partial charge in [0.15, 0.2) is 5.82 Å². The van der Waals surface area contributed by atoms with Crippen LogP contribution in [0.25, 0.3) is 22.0 Å². The summed E-state index contributed by atoms with van der Waals surface area (Å²) in [6.07, 6.45) is -1.56. The van der Waals surface area contributed by atoms with Crippen molar-refractivity contribution in [2.24, 2.45) is 0 Å². The summed E-state index contributed by atoms with van der Waals surface area (Å²) in [7, 11) is 0. The fourth-order valence-corrected chi connectivity index (χ4v) is 7.44. The summed E-state index contributed by atoms with van der Waals surface area (Å²) in [6.45, 7) is 4.08. The number of fused-ring (bicyclic) bond motifs is 4. The molecule has 7 nitrogen and oxygen atoms in total. The van der Waals surface area contributed by atoms with Crippen LogP contribution in [0.3, 0.4) is 0 Å². The van der Waals surface area contributed by atoms with Crippen LogP contribution in [0.2, 0.25) is 0 Å². The number of benzene rings is 2. The molecule has 5 heterocycles. The van der Waals surface area contributed by atoms with Crippen LogP contribution in [0, 0.1) is 12.7 Å².